The Morgan fingerprint density at radius 1 is 1.43 bits per heavy atom. The molecule has 2 aromatic heterocycles. The summed E-state index contributed by atoms with van der Waals surface area (Å²) in [4.78, 5) is 15.8. The summed E-state index contributed by atoms with van der Waals surface area (Å²) >= 11 is 1.28. The molecule has 0 amide bonds. The maximum Gasteiger partial charge on any atom is 0.212 e. The van der Waals surface area contributed by atoms with E-state index in [9.17, 15) is 4.79 Å². The number of carbonyl (C=O) groups is 1. The van der Waals surface area contributed by atoms with Crippen molar-refractivity contribution in [2.45, 2.75) is 6.92 Å². The Bertz CT molecular complexity index is 451. The van der Waals surface area contributed by atoms with Crippen molar-refractivity contribution < 1.29 is 4.79 Å². The Kier molecular flexibility index (Phi) is 2.37. The van der Waals surface area contributed by atoms with Crippen molar-refractivity contribution in [3.05, 3.63) is 46.7 Å². The topological polar surface area (TPSA) is 42.9 Å². The number of hydrogen-bond acceptors (Lipinski definition) is 4. The molecular formula is C10H8N2OS. The van der Waals surface area contributed by atoms with Gasteiger partial charge in [0.2, 0.25) is 5.78 Å². The van der Waals surface area contributed by atoms with E-state index in [-0.39, 0.29) is 5.78 Å². The van der Waals surface area contributed by atoms with Gasteiger partial charge in [0.1, 0.15) is 5.69 Å². The lowest BCUT2D eigenvalue weighted by molar-refractivity contribution is 0.103. The van der Waals surface area contributed by atoms with Crippen LogP contribution in [0.2, 0.25) is 0 Å². The first kappa shape index (κ1) is 9.02. The third-order valence-electron chi connectivity index (χ3n) is 1.94. The van der Waals surface area contributed by atoms with Gasteiger partial charge in [-0.25, -0.2) is 0 Å². The molecule has 2 rings (SSSR count). The molecule has 0 unspecified atom stereocenters. The van der Waals surface area contributed by atoms with Crippen LogP contribution in [0.15, 0.2) is 29.9 Å². The van der Waals surface area contributed by atoms with Crippen molar-refractivity contribution in [2.24, 2.45) is 0 Å². The summed E-state index contributed by atoms with van der Waals surface area (Å²) in [6.45, 7) is 1.87. The van der Waals surface area contributed by atoms with E-state index in [4.69, 9.17) is 0 Å². The van der Waals surface area contributed by atoms with Crippen LogP contribution >= 0.6 is 11.5 Å². The molecular weight excluding hydrogens is 196 g/mol. The second kappa shape index (κ2) is 3.67. The highest BCUT2D eigenvalue weighted by molar-refractivity contribution is 7.03. The van der Waals surface area contributed by atoms with Crippen LogP contribution in [0.3, 0.4) is 0 Å². The first-order valence-corrected chi connectivity index (χ1v) is 4.98. The summed E-state index contributed by atoms with van der Waals surface area (Å²) in [6.07, 6.45) is 3.30. The molecule has 0 aliphatic carbocycles. The molecule has 0 aliphatic rings. The standard InChI is InChI=1S/C10H8N2OS/c1-7-6-11-4-2-8(7)10(13)9-3-5-14-12-9/h2-6H,1H3. The van der Waals surface area contributed by atoms with E-state index in [2.05, 4.69) is 9.36 Å². The van der Waals surface area contributed by atoms with E-state index in [1.54, 1.807) is 29.9 Å². The SMILES string of the molecule is Cc1cnccc1C(=O)c1ccsn1. The molecule has 0 atom stereocenters. The van der Waals surface area contributed by atoms with Crippen LogP contribution in [0.25, 0.3) is 0 Å². The van der Waals surface area contributed by atoms with Gasteiger partial charge in [-0.3, -0.25) is 9.78 Å². The second-order valence-electron chi connectivity index (χ2n) is 2.90. The van der Waals surface area contributed by atoms with Crippen molar-refractivity contribution >= 4 is 17.3 Å². The van der Waals surface area contributed by atoms with E-state index in [0.717, 1.165) is 5.56 Å². The maximum atomic E-state index is 11.8. The molecule has 0 aromatic carbocycles. The lowest BCUT2D eigenvalue weighted by atomic mass is 10.1. The molecule has 3 nitrogen and oxygen atoms in total. The van der Waals surface area contributed by atoms with Crippen LogP contribution in [0.5, 0.6) is 0 Å². The van der Waals surface area contributed by atoms with E-state index in [1.807, 2.05) is 6.92 Å². The summed E-state index contributed by atoms with van der Waals surface area (Å²) in [5.41, 5.74) is 2.06. The fraction of sp³-hybridized carbons (Fsp3) is 0.100. The summed E-state index contributed by atoms with van der Waals surface area (Å²) in [6, 6.07) is 3.45. The maximum absolute atomic E-state index is 11.8. The number of hydrogen-bond donors (Lipinski definition) is 0. The zero-order valence-electron chi connectivity index (χ0n) is 7.60. The van der Waals surface area contributed by atoms with Gasteiger partial charge in [0.05, 0.1) is 0 Å². The van der Waals surface area contributed by atoms with E-state index >= 15 is 0 Å². The summed E-state index contributed by atoms with van der Waals surface area (Å²) in [7, 11) is 0. The Morgan fingerprint density at radius 3 is 2.93 bits per heavy atom. The van der Waals surface area contributed by atoms with Gasteiger partial charge in [0.25, 0.3) is 0 Å². The van der Waals surface area contributed by atoms with Crippen LogP contribution in [-0.4, -0.2) is 15.1 Å². The molecule has 0 aliphatic heterocycles. The van der Waals surface area contributed by atoms with Gasteiger partial charge in [0, 0.05) is 23.3 Å². The largest absolute Gasteiger partial charge is 0.287 e. The molecule has 0 saturated heterocycles. The Hall–Kier alpha value is -1.55. The molecule has 0 saturated carbocycles. The Labute approximate surface area is 85.6 Å². The van der Waals surface area contributed by atoms with Crippen LogP contribution in [0, 0.1) is 6.92 Å². The highest BCUT2D eigenvalue weighted by Crippen LogP contribution is 2.12. The van der Waals surface area contributed by atoms with Crippen molar-refractivity contribution in [2.75, 3.05) is 0 Å². The predicted octanol–water partition coefficient (Wildman–Crippen LogP) is 2.08. The van der Waals surface area contributed by atoms with E-state index in [0.29, 0.717) is 11.3 Å². The fourth-order valence-electron chi connectivity index (χ4n) is 1.20. The van der Waals surface area contributed by atoms with Crippen LogP contribution < -0.4 is 0 Å². The van der Waals surface area contributed by atoms with Crippen LogP contribution in [0.4, 0.5) is 0 Å². The molecule has 4 heteroatoms. The number of nitrogens with zero attached hydrogens (tertiary/aromatic N) is 2. The number of aryl methyl sites for hydroxylation is 1. The fourth-order valence-corrected chi connectivity index (χ4v) is 1.70. The number of carbonyl (C=O) groups excluding carboxylic acids is 1. The normalized spacial score (nSPS) is 10.1. The number of pyridine rings is 1. The van der Waals surface area contributed by atoms with E-state index in [1.165, 1.54) is 11.5 Å². The molecule has 0 radical (unpaired) electrons. The average Bonchev–Trinajstić information content (AvgIpc) is 2.70. The highest BCUT2D eigenvalue weighted by atomic mass is 32.1. The van der Waals surface area contributed by atoms with Crippen molar-refractivity contribution in [1.82, 2.24) is 9.36 Å². The Balaban J connectivity index is 2.42. The average molecular weight is 204 g/mol. The van der Waals surface area contributed by atoms with Gasteiger partial charge in [-0.05, 0) is 36.2 Å². The minimum Gasteiger partial charge on any atom is -0.287 e. The van der Waals surface area contributed by atoms with Crippen molar-refractivity contribution in [3.8, 4) is 0 Å². The summed E-state index contributed by atoms with van der Waals surface area (Å²) in [5.74, 6) is -0.0360. The minimum atomic E-state index is -0.0360. The first-order valence-electron chi connectivity index (χ1n) is 4.15. The monoisotopic (exact) mass is 204 g/mol. The molecule has 2 aromatic rings. The molecule has 0 spiro atoms. The number of aromatic nitrogens is 2. The summed E-state index contributed by atoms with van der Waals surface area (Å²) < 4.78 is 4.01. The highest BCUT2D eigenvalue weighted by Gasteiger charge is 2.12. The molecule has 0 N–H and O–H groups in total. The zero-order valence-corrected chi connectivity index (χ0v) is 8.41. The van der Waals surface area contributed by atoms with Crippen LogP contribution in [-0.2, 0) is 0 Å². The van der Waals surface area contributed by atoms with Gasteiger partial charge < -0.3 is 0 Å². The third kappa shape index (κ3) is 1.56. The second-order valence-corrected chi connectivity index (χ2v) is 3.57. The zero-order chi connectivity index (χ0) is 9.97. The molecule has 14 heavy (non-hydrogen) atoms. The third-order valence-corrected chi connectivity index (χ3v) is 2.50. The summed E-state index contributed by atoms with van der Waals surface area (Å²) in [5, 5.41) is 1.80. The molecule has 2 heterocycles. The van der Waals surface area contributed by atoms with Gasteiger partial charge >= 0.3 is 0 Å². The predicted molar refractivity (Wildman–Crippen MR) is 54.5 cm³/mol. The van der Waals surface area contributed by atoms with Crippen LogP contribution in [0.1, 0.15) is 21.6 Å². The van der Waals surface area contributed by atoms with Gasteiger partial charge in [-0.2, -0.15) is 4.37 Å². The number of ketones is 1. The van der Waals surface area contributed by atoms with Gasteiger partial charge in [-0.1, -0.05) is 0 Å². The van der Waals surface area contributed by atoms with Gasteiger partial charge in [-0.15, -0.1) is 0 Å². The van der Waals surface area contributed by atoms with Crippen molar-refractivity contribution in [3.63, 3.8) is 0 Å². The molecule has 0 bridgehead atoms. The van der Waals surface area contributed by atoms with Crippen molar-refractivity contribution in [1.29, 1.82) is 0 Å². The van der Waals surface area contributed by atoms with Gasteiger partial charge in [0.15, 0.2) is 0 Å². The first-order chi connectivity index (χ1) is 6.79. The van der Waals surface area contributed by atoms with E-state index < -0.39 is 0 Å². The molecule has 0 fully saturated rings. The smallest absolute Gasteiger partial charge is 0.212 e. The number of rotatable bonds is 2. The lowest BCUT2D eigenvalue weighted by Crippen LogP contribution is -2.03. The Morgan fingerprint density at radius 2 is 2.29 bits per heavy atom. The lowest BCUT2D eigenvalue weighted by Gasteiger charge is -2.00. The minimum absolute atomic E-state index is 0.0360. The molecule has 70 valence electrons. The quantitative estimate of drug-likeness (QED) is 0.703.